The summed E-state index contributed by atoms with van der Waals surface area (Å²) in [6, 6.07) is 0.415. The molecule has 0 rings (SSSR count). The Morgan fingerprint density at radius 2 is 2.09 bits per heavy atom. The lowest BCUT2D eigenvalue weighted by atomic mass is 10.0. The van der Waals surface area contributed by atoms with Gasteiger partial charge < -0.3 is 10.7 Å². The molecule has 4 heteroatoms. The van der Waals surface area contributed by atoms with E-state index in [1.165, 1.54) is 0 Å². The molecule has 3 nitrogen and oxygen atoms in total. The van der Waals surface area contributed by atoms with Crippen molar-refractivity contribution in [2.45, 2.75) is 33.2 Å². The summed E-state index contributed by atoms with van der Waals surface area (Å²) < 4.78 is 0. The zero-order valence-electron chi connectivity index (χ0n) is 7.35. The Hall–Kier alpha value is -0.350. The maximum atomic E-state index is 5.12. The normalized spacial score (nSPS) is 12.8. The van der Waals surface area contributed by atoms with Crippen LogP contribution in [0.1, 0.15) is 27.2 Å². The number of nitrogens with two attached hydrogens (primary N) is 1. The number of hydrogen-bond donors (Lipinski definition) is 3. The van der Waals surface area contributed by atoms with E-state index >= 15 is 0 Å². The van der Waals surface area contributed by atoms with Crippen LogP contribution in [-0.4, -0.2) is 11.2 Å². The van der Waals surface area contributed by atoms with Crippen molar-refractivity contribution in [2.75, 3.05) is 0 Å². The average molecular weight is 175 g/mol. The van der Waals surface area contributed by atoms with Crippen LogP contribution in [0.5, 0.6) is 0 Å². The summed E-state index contributed by atoms with van der Waals surface area (Å²) in [5, 5.41) is 3.63. The summed E-state index contributed by atoms with van der Waals surface area (Å²) in [5.74, 6) is 5.70. The summed E-state index contributed by atoms with van der Waals surface area (Å²) >= 11 is 4.87. The summed E-state index contributed by atoms with van der Waals surface area (Å²) in [7, 11) is 0. The molecule has 0 amide bonds. The molecule has 0 aromatic heterocycles. The van der Waals surface area contributed by atoms with Crippen molar-refractivity contribution in [1.29, 1.82) is 0 Å². The lowest BCUT2D eigenvalue weighted by Gasteiger charge is -2.21. The van der Waals surface area contributed by atoms with E-state index in [4.69, 9.17) is 18.1 Å². The molecule has 0 radical (unpaired) electrons. The predicted octanol–water partition coefficient (Wildman–Crippen LogP) is 0.759. The zero-order valence-corrected chi connectivity index (χ0v) is 8.16. The molecule has 0 bridgehead atoms. The molecule has 0 aliphatic rings. The van der Waals surface area contributed by atoms with Crippen LogP contribution >= 0.6 is 12.2 Å². The molecule has 0 fully saturated rings. The number of hydrazine groups is 1. The maximum absolute atomic E-state index is 5.12. The lowest BCUT2D eigenvalue weighted by molar-refractivity contribution is 0.440. The van der Waals surface area contributed by atoms with Gasteiger partial charge in [0.2, 0.25) is 0 Å². The standard InChI is InChI=1S/C7H17N3S/c1-4-6(5(2)3)9-7(11)10-8/h5-6H,4,8H2,1-3H3,(H2,9,10,11). The maximum Gasteiger partial charge on any atom is 0.180 e. The summed E-state index contributed by atoms with van der Waals surface area (Å²) in [6.07, 6.45) is 1.06. The van der Waals surface area contributed by atoms with Crippen LogP contribution in [0.15, 0.2) is 0 Å². The van der Waals surface area contributed by atoms with Crippen LogP contribution in [0.4, 0.5) is 0 Å². The van der Waals surface area contributed by atoms with Gasteiger partial charge in [-0.15, -0.1) is 0 Å². The molecule has 0 saturated heterocycles. The third kappa shape index (κ3) is 4.16. The first-order chi connectivity index (χ1) is 5.11. The van der Waals surface area contributed by atoms with E-state index in [1.807, 2.05) is 0 Å². The van der Waals surface area contributed by atoms with Crippen molar-refractivity contribution in [3.8, 4) is 0 Å². The number of rotatable bonds is 3. The van der Waals surface area contributed by atoms with Gasteiger partial charge in [0.05, 0.1) is 0 Å². The van der Waals surface area contributed by atoms with Crippen molar-refractivity contribution in [3.05, 3.63) is 0 Å². The minimum absolute atomic E-state index is 0.415. The number of hydrogen-bond acceptors (Lipinski definition) is 2. The minimum Gasteiger partial charge on any atom is -0.359 e. The molecule has 11 heavy (non-hydrogen) atoms. The Balaban J connectivity index is 3.78. The first kappa shape index (κ1) is 10.7. The highest BCUT2D eigenvalue weighted by Gasteiger charge is 2.10. The fourth-order valence-corrected chi connectivity index (χ4v) is 1.10. The molecule has 0 spiro atoms. The highest BCUT2D eigenvalue weighted by atomic mass is 32.1. The van der Waals surface area contributed by atoms with E-state index in [-0.39, 0.29) is 0 Å². The quantitative estimate of drug-likeness (QED) is 0.337. The van der Waals surface area contributed by atoms with E-state index in [0.29, 0.717) is 17.1 Å². The number of nitrogens with one attached hydrogen (secondary N) is 2. The zero-order chi connectivity index (χ0) is 8.85. The van der Waals surface area contributed by atoms with Gasteiger partial charge in [0.15, 0.2) is 5.11 Å². The summed E-state index contributed by atoms with van der Waals surface area (Å²) in [4.78, 5) is 0. The van der Waals surface area contributed by atoms with Crippen LogP contribution in [0.3, 0.4) is 0 Å². The second-order valence-electron chi connectivity index (χ2n) is 2.88. The smallest absolute Gasteiger partial charge is 0.180 e. The predicted molar refractivity (Wildman–Crippen MR) is 52.0 cm³/mol. The molecule has 0 aromatic rings. The SMILES string of the molecule is CCC(NC(=S)NN)C(C)C. The fraction of sp³-hybridized carbons (Fsp3) is 0.857. The first-order valence-electron chi connectivity index (χ1n) is 3.88. The van der Waals surface area contributed by atoms with Crippen LogP contribution in [-0.2, 0) is 0 Å². The largest absolute Gasteiger partial charge is 0.359 e. The van der Waals surface area contributed by atoms with Crippen molar-refractivity contribution in [3.63, 3.8) is 0 Å². The van der Waals surface area contributed by atoms with Crippen molar-refractivity contribution < 1.29 is 0 Å². The molecule has 0 aliphatic heterocycles. The van der Waals surface area contributed by atoms with Gasteiger partial charge in [0.25, 0.3) is 0 Å². The Morgan fingerprint density at radius 3 is 2.36 bits per heavy atom. The van der Waals surface area contributed by atoms with Crippen LogP contribution in [0.25, 0.3) is 0 Å². The third-order valence-electron chi connectivity index (χ3n) is 1.69. The average Bonchev–Trinajstić information content (AvgIpc) is 1.99. The molecular weight excluding hydrogens is 158 g/mol. The Labute approximate surface area is 73.7 Å². The lowest BCUT2D eigenvalue weighted by Crippen LogP contribution is -2.46. The monoisotopic (exact) mass is 175 g/mol. The molecule has 0 heterocycles. The first-order valence-corrected chi connectivity index (χ1v) is 4.29. The second-order valence-corrected chi connectivity index (χ2v) is 3.28. The van der Waals surface area contributed by atoms with Gasteiger partial charge in [-0.3, -0.25) is 0 Å². The van der Waals surface area contributed by atoms with Gasteiger partial charge in [0.1, 0.15) is 0 Å². The fourth-order valence-electron chi connectivity index (χ4n) is 0.950. The van der Waals surface area contributed by atoms with Gasteiger partial charge >= 0.3 is 0 Å². The van der Waals surface area contributed by atoms with E-state index in [1.54, 1.807) is 0 Å². The topological polar surface area (TPSA) is 50.1 Å². The van der Waals surface area contributed by atoms with Crippen LogP contribution in [0, 0.1) is 5.92 Å². The van der Waals surface area contributed by atoms with Crippen molar-refractivity contribution in [2.24, 2.45) is 11.8 Å². The van der Waals surface area contributed by atoms with E-state index < -0.39 is 0 Å². The third-order valence-corrected chi connectivity index (χ3v) is 1.93. The minimum atomic E-state index is 0.415. The van der Waals surface area contributed by atoms with Gasteiger partial charge in [-0.05, 0) is 24.6 Å². The summed E-state index contributed by atoms with van der Waals surface area (Å²) in [6.45, 7) is 6.43. The second kappa shape index (κ2) is 5.32. The van der Waals surface area contributed by atoms with E-state index in [9.17, 15) is 0 Å². The molecule has 0 aromatic carbocycles. The molecule has 66 valence electrons. The Bertz CT molecular complexity index is 125. The molecule has 0 saturated carbocycles. The van der Waals surface area contributed by atoms with Gasteiger partial charge in [-0.1, -0.05) is 20.8 Å². The number of thiocarbonyl (C=S) groups is 1. The van der Waals surface area contributed by atoms with Crippen molar-refractivity contribution >= 4 is 17.3 Å². The van der Waals surface area contributed by atoms with E-state index in [0.717, 1.165) is 6.42 Å². The van der Waals surface area contributed by atoms with Crippen LogP contribution in [0.2, 0.25) is 0 Å². The molecule has 0 aliphatic carbocycles. The molecule has 1 unspecified atom stereocenters. The van der Waals surface area contributed by atoms with Gasteiger partial charge in [0, 0.05) is 6.04 Å². The Kier molecular flexibility index (Phi) is 5.15. The Morgan fingerprint density at radius 1 is 1.55 bits per heavy atom. The summed E-state index contributed by atoms with van der Waals surface area (Å²) in [5.41, 5.74) is 2.40. The highest BCUT2D eigenvalue weighted by molar-refractivity contribution is 7.80. The van der Waals surface area contributed by atoms with Gasteiger partial charge in [-0.25, -0.2) is 5.84 Å². The van der Waals surface area contributed by atoms with E-state index in [2.05, 4.69) is 31.5 Å². The van der Waals surface area contributed by atoms with Crippen molar-refractivity contribution in [1.82, 2.24) is 10.7 Å². The van der Waals surface area contributed by atoms with Crippen LogP contribution < -0.4 is 16.6 Å². The van der Waals surface area contributed by atoms with Gasteiger partial charge in [-0.2, -0.15) is 0 Å². The molecule has 1 atom stereocenters. The highest BCUT2D eigenvalue weighted by Crippen LogP contribution is 2.04. The molecule has 4 N–H and O–H groups in total. The molecular formula is C7H17N3S.